The van der Waals surface area contributed by atoms with Crippen molar-refractivity contribution in [3.8, 4) is 0 Å². The Morgan fingerprint density at radius 3 is 2.48 bits per heavy atom. The number of carbonyl (C=O) groups is 1. The Balaban J connectivity index is 1.98. The Bertz CT molecular complexity index is 1040. The summed E-state index contributed by atoms with van der Waals surface area (Å²) in [6.07, 6.45) is 3.75. The summed E-state index contributed by atoms with van der Waals surface area (Å²) in [6.45, 7) is 2.08. The molecule has 2 heterocycles. The minimum absolute atomic E-state index is 0.140. The van der Waals surface area contributed by atoms with Crippen LogP contribution in [0.15, 0.2) is 34.0 Å². The summed E-state index contributed by atoms with van der Waals surface area (Å²) in [7, 11) is 0.140. The van der Waals surface area contributed by atoms with Crippen molar-refractivity contribution in [2.24, 2.45) is 0 Å². The van der Waals surface area contributed by atoms with Crippen LogP contribution in [0.2, 0.25) is 0 Å². The lowest BCUT2D eigenvalue weighted by Crippen LogP contribution is -2.32. The summed E-state index contributed by atoms with van der Waals surface area (Å²) in [4.78, 5) is 29.4. The Morgan fingerprint density at radius 2 is 1.83 bits per heavy atom. The number of nitrogens with zero attached hydrogens (tertiary/aromatic N) is 2. The SMILES string of the molecule is CN(C)CCNC(=O)c1cc(=O)[nH]c2ccc(S(=O)(=O)N3CCCCCC3)cc12. The summed E-state index contributed by atoms with van der Waals surface area (Å²) >= 11 is 0. The molecule has 2 N–H and O–H groups in total. The van der Waals surface area contributed by atoms with Crippen molar-refractivity contribution in [2.75, 3.05) is 40.3 Å². The molecule has 1 fully saturated rings. The zero-order valence-electron chi connectivity index (χ0n) is 16.9. The molecule has 8 nitrogen and oxygen atoms in total. The summed E-state index contributed by atoms with van der Waals surface area (Å²) in [5, 5.41) is 3.21. The van der Waals surface area contributed by atoms with E-state index < -0.39 is 21.5 Å². The van der Waals surface area contributed by atoms with Crippen LogP contribution in [0.1, 0.15) is 36.0 Å². The highest BCUT2D eigenvalue weighted by Crippen LogP contribution is 2.24. The topological polar surface area (TPSA) is 103 Å². The van der Waals surface area contributed by atoms with Crippen LogP contribution < -0.4 is 10.9 Å². The third kappa shape index (κ3) is 5.04. The largest absolute Gasteiger partial charge is 0.351 e. The molecule has 1 aliphatic rings. The molecule has 0 aliphatic carbocycles. The molecule has 2 aromatic rings. The van der Waals surface area contributed by atoms with Crippen molar-refractivity contribution in [2.45, 2.75) is 30.6 Å². The predicted octanol–water partition coefficient (Wildman–Crippen LogP) is 1.38. The monoisotopic (exact) mass is 420 g/mol. The molecule has 1 aromatic carbocycles. The third-order valence-corrected chi connectivity index (χ3v) is 7.00. The zero-order chi connectivity index (χ0) is 21.0. The summed E-state index contributed by atoms with van der Waals surface area (Å²) in [6, 6.07) is 5.76. The van der Waals surface area contributed by atoms with Gasteiger partial charge in [-0.2, -0.15) is 4.31 Å². The van der Waals surface area contributed by atoms with Gasteiger partial charge in [-0.1, -0.05) is 12.8 Å². The van der Waals surface area contributed by atoms with Crippen LogP contribution in [-0.2, 0) is 10.0 Å². The average Bonchev–Trinajstić information content (AvgIpc) is 2.96. The molecule has 0 atom stereocenters. The van der Waals surface area contributed by atoms with E-state index in [1.165, 1.54) is 22.5 Å². The van der Waals surface area contributed by atoms with Gasteiger partial charge < -0.3 is 15.2 Å². The normalized spacial score (nSPS) is 16.1. The quantitative estimate of drug-likeness (QED) is 0.735. The zero-order valence-corrected chi connectivity index (χ0v) is 17.7. The molecule has 1 saturated heterocycles. The van der Waals surface area contributed by atoms with E-state index >= 15 is 0 Å². The molecule has 29 heavy (non-hydrogen) atoms. The average molecular weight is 421 g/mol. The van der Waals surface area contributed by atoms with E-state index in [0.29, 0.717) is 37.1 Å². The number of carbonyl (C=O) groups excluding carboxylic acids is 1. The van der Waals surface area contributed by atoms with Crippen LogP contribution in [0.5, 0.6) is 0 Å². The molecule has 0 bridgehead atoms. The summed E-state index contributed by atoms with van der Waals surface area (Å²) in [5.41, 5.74) is 0.207. The van der Waals surface area contributed by atoms with E-state index in [1.807, 2.05) is 19.0 Å². The van der Waals surface area contributed by atoms with Crippen LogP contribution in [0.3, 0.4) is 0 Å². The van der Waals surface area contributed by atoms with Gasteiger partial charge in [0.2, 0.25) is 15.6 Å². The number of sulfonamides is 1. The molecule has 0 unspecified atom stereocenters. The molecular formula is C20H28N4O4S. The number of benzene rings is 1. The Labute approximate surface area is 170 Å². The minimum Gasteiger partial charge on any atom is -0.351 e. The predicted molar refractivity (Wildman–Crippen MR) is 113 cm³/mol. The smallest absolute Gasteiger partial charge is 0.252 e. The number of aromatic amines is 1. The lowest BCUT2D eigenvalue weighted by atomic mass is 10.1. The van der Waals surface area contributed by atoms with Crippen LogP contribution >= 0.6 is 0 Å². The highest BCUT2D eigenvalue weighted by Gasteiger charge is 2.26. The van der Waals surface area contributed by atoms with E-state index in [-0.39, 0.29) is 10.5 Å². The molecule has 0 spiro atoms. The van der Waals surface area contributed by atoms with Crippen molar-refractivity contribution >= 4 is 26.8 Å². The van der Waals surface area contributed by atoms with Gasteiger partial charge in [-0.25, -0.2) is 8.42 Å². The number of hydrogen-bond donors (Lipinski definition) is 2. The van der Waals surface area contributed by atoms with Gasteiger partial charge >= 0.3 is 0 Å². The lowest BCUT2D eigenvalue weighted by molar-refractivity contribution is 0.0952. The van der Waals surface area contributed by atoms with E-state index in [2.05, 4.69) is 10.3 Å². The molecule has 9 heteroatoms. The molecule has 1 aromatic heterocycles. The maximum absolute atomic E-state index is 13.1. The van der Waals surface area contributed by atoms with Gasteiger partial charge in [0, 0.05) is 43.1 Å². The van der Waals surface area contributed by atoms with Crippen LogP contribution in [0, 0.1) is 0 Å². The number of rotatable bonds is 6. The van der Waals surface area contributed by atoms with Gasteiger partial charge in [0.1, 0.15) is 0 Å². The highest BCUT2D eigenvalue weighted by molar-refractivity contribution is 7.89. The summed E-state index contributed by atoms with van der Waals surface area (Å²) < 4.78 is 27.8. The van der Waals surface area contributed by atoms with E-state index in [4.69, 9.17) is 0 Å². The van der Waals surface area contributed by atoms with Gasteiger partial charge in [-0.3, -0.25) is 9.59 Å². The van der Waals surface area contributed by atoms with Crippen LogP contribution in [0.4, 0.5) is 0 Å². The second kappa shape index (κ2) is 9.06. The molecule has 1 aliphatic heterocycles. The molecular weight excluding hydrogens is 392 g/mol. The maximum Gasteiger partial charge on any atom is 0.252 e. The van der Waals surface area contributed by atoms with Gasteiger partial charge in [-0.15, -0.1) is 0 Å². The minimum atomic E-state index is -3.65. The maximum atomic E-state index is 13.1. The van der Waals surface area contributed by atoms with Crippen LogP contribution in [0.25, 0.3) is 10.9 Å². The number of aromatic nitrogens is 1. The standard InChI is InChI=1S/C20H28N4O4S/c1-23(2)12-9-21-20(26)17-14-19(25)22-18-8-7-15(13-16(17)18)29(27,28)24-10-5-3-4-6-11-24/h7-8,13-14H,3-6,9-12H2,1-2H3,(H,21,26)(H,22,25). The van der Waals surface area contributed by atoms with Crippen molar-refractivity contribution in [3.05, 3.63) is 40.2 Å². The Morgan fingerprint density at radius 1 is 1.14 bits per heavy atom. The molecule has 3 rings (SSSR count). The number of likely N-dealkylation sites (N-methyl/N-ethyl adjacent to an activating group) is 1. The number of amides is 1. The fourth-order valence-electron chi connectivity index (χ4n) is 3.50. The molecule has 0 radical (unpaired) electrons. The fraction of sp³-hybridized carbons (Fsp3) is 0.500. The first kappa shape index (κ1) is 21.5. The molecule has 0 saturated carbocycles. The van der Waals surface area contributed by atoms with Gasteiger partial charge in [0.25, 0.3) is 5.91 Å². The van der Waals surface area contributed by atoms with Crippen molar-refractivity contribution in [1.82, 2.24) is 19.5 Å². The number of nitrogens with one attached hydrogen (secondary N) is 2. The van der Waals surface area contributed by atoms with Crippen molar-refractivity contribution in [3.63, 3.8) is 0 Å². The number of pyridine rings is 1. The Hall–Kier alpha value is -2.23. The number of fused-ring (bicyclic) bond motifs is 1. The van der Waals surface area contributed by atoms with Crippen molar-refractivity contribution < 1.29 is 13.2 Å². The summed E-state index contributed by atoms with van der Waals surface area (Å²) in [5.74, 6) is -0.396. The second-order valence-electron chi connectivity index (χ2n) is 7.63. The molecule has 1 amide bonds. The highest BCUT2D eigenvalue weighted by atomic mass is 32.2. The van der Waals surface area contributed by atoms with E-state index in [9.17, 15) is 18.0 Å². The van der Waals surface area contributed by atoms with Gasteiger partial charge in [0.05, 0.1) is 10.5 Å². The molecule has 158 valence electrons. The van der Waals surface area contributed by atoms with Gasteiger partial charge in [-0.05, 0) is 45.1 Å². The fourth-order valence-corrected chi connectivity index (χ4v) is 5.04. The first-order valence-corrected chi connectivity index (χ1v) is 11.3. The first-order chi connectivity index (χ1) is 13.8. The second-order valence-corrected chi connectivity index (χ2v) is 9.57. The first-order valence-electron chi connectivity index (χ1n) is 9.89. The Kier molecular flexibility index (Phi) is 6.71. The third-order valence-electron chi connectivity index (χ3n) is 5.11. The van der Waals surface area contributed by atoms with Crippen LogP contribution in [-0.4, -0.2) is 68.8 Å². The van der Waals surface area contributed by atoms with E-state index in [1.54, 1.807) is 6.07 Å². The number of H-pyrrole nitrogens is 1. The van der Waals surface area contributed by atoms with Crippen molar-refractivity contribution in [1.29, 1.82) is 0 Å². The van der Waals surface area contributed by atoms with E-state index in [0.717, 1.165) is 25.7 Å². The number of hydrogen-bond acceptors (Lipinski definition) is 5. The van der Waals surface area contributed by atoms with Gasteiger partial charge in [0.15, 0.2) is 0 Å². The lowest BCUT2D eigenvalue weighted by Gasteiger charge is -2.20.